The number of amides is 4. The smallest absolute Gasteiger partial charge is 0.410 e. The van der Waals surface area contributed by atoms with E-state index in [9.17, 15) is 19.2 Å². The molecule has 0 radical (unpaired) electrons. The Kier molecular flexibility index (Phi) is 11.9. The fraction of sp³-hybridized carbons (Fsp3) is 0.474. The standard InChI is InChI=1S/C38H49N5O6/c1-38(2,3)49-37(47)42-20-10-9-15-32(42)35(45)41-31(22-26-11-5-4-6-12-26)36(46)43-24-30(23-33(43)34(44)40-19-18-39)48-25-27-16-17-28-13-7-8-14-29(28)21-27/h4-8,11-14,16-17,21,30-33H,9-10,15,18-20,22-25,39H2,1-3H3,(H,40,44)(H,41,45)/t30-,31-,32+,33-/m1/s1. The lowest BCUT2D eigenvalue weighted by Crippen LogP contribution is -2.59. The zero-order valence-corrected chi connectivity index (χ0v) is 28.7. The van der Waals surface area contributed by atoms with Gasteiger partial charge in [0, 0.05) is 39.0 Å². The van der Waals surface area contributed by atoms with Crippen molar-refractivity contribution in [3.8, 4) is 0 Å². The first-order valence-corrected chi connectivity index (χ1v) is 17.2. The fourth-order valence-corrected chi connectivity index (χ4v) is 6.53. The second-order valence-electron chi connectivity index (χ2n) is 13.9. The van der Waals surface area contributed by atoms with Gasteiger partial charge in [0.25, 0.3) is 0 Å². The lowest BCUT2D eigenvalue weighted by molar-refractivity contribution is -0.142. The number of benzene rings is 3. The summed E-state index contributed by atoms with van der Waals surface area (Å²) >= 11 is 0. The molecule has 2 saturated heterocycles. The van der Waals surface area contributed by atoms with Gasteiger partial charge in [0.15, 0.2) is 0 Å². The Morgan fingerprint density at radius 2 is 1.61 bits per heavy atom. The van der Waals surface area contributed by atoms with Gasteiger partial charge in [-0.05, 0) is 68.0 Å². The Morgan fingerprint density at radius 1 is 0.878 bits per heavy atom. The molecule has 4 N–H and O–H groups in total. The molecular formula is C38H49N5O6. The highest BCUT2D eigenvalue weighted by Gasteiger charge is 2.43. The number of piperidine rings is 1. The predicted molar refractivity (Wildman–Crippen MR) is 187 cm³/mol. The van der Waals surface area contributed by atoms with Crippen LogP contribution in [-0.4, -0.2) is 89.6 Å². The van der Waals surface area contributed by atoms with Crippen LogP contribution in [0.4, 0.5) is 4.79 Å². The first kappa shape index (κ1) is 35.8. The number of likely N-dealkylation sites (tertiary alicyclic amines) is 2. The highest BCUT2D eigenvalue weighted by Crippen LogP contribution is 2.26. The van der Waals surface area contributed by atoms with Crippen molar-refractivity contribution in [3.05, 3.63) is 83.9 Å². The van der Waals surface area contributed by atoms with Gasteiger partial charge in [-0.15, -0.1) is 0 Å². The molecule has 5 rings (SSSR count). The lowest BCUT2D eigenvalue weighted by Gasteiger charge is -2.37. The monoisotopic (exact) mass is 671 g/mol. The van der Waals surface area contributed by atoms with Gasteiger partial charge < -0.3 is 30.7 Å². The van der Waals surface area contributed by atoms with Gasteiger partial charge in [0.05, 0.1) is 12.7 Å². The van der Waals surface area contributed by atoms with Crippen LogP contribution in [0.25, 0.3) is 10.8 Å². The highest BCUT2D eigenvalue weighted by atomic mass is 16.6. The van der Waals surface area contributed by atoms with Crippen LogP contribution in [0.5, 0.6) is 0 Å². The summed E-state index contributed by atoms with van der Waals surface area (Å²) in [6.07, 6.45) is 1.52. The van der Waals surface area contributed by atoms with Crippen molar-refractivity contribution in [2.45, 2.75) is 89.3 Å². The molecule has 0 aromatic heterocycles. The summed E-state index contributed by atoms with van der Waals surface area (Å²) in [6, 6.07) is 21.1. The Hall–Kier alpha value is -4.48. The van der Waals surface area contributed by atoms with Crippen LogP contribution in [-0.2, 0) is 36.9 Å². The molecule has 0 bridgehead atoms. The van der Waals surface area contributed by atoms with Gasteiger partial charge in [-0.2, -0.15) is 0 Å². The van der Waals surface area contributed by atoms with E-state index in [-0.39, 0.29) is 37.9 Å². The quantitative estimate of drug-likeness (QED) is 0.281. The molecule has 262 valence electrons. The van der Waals surface area contributed by atoms with E-state index in [2.05, 4.69) is 28.8 Å². The van der Waals surface area contributed by atoms with Crippen LogP contribution in [0, 0.1) is 0 Å². The maximum Gasteiger partial charge on any atom is 0.410 e. The zero-order valence-electron chi connectivity index (χ0n) is 28.7. The van der Waals surface area contributed by atoms with Gasteiger partial charge in [-0.1, -0.05) is 66.7 Å². The summed E-state index contributed by atoms with van der Waals surface area (Å²) in [6.45, 7) is 6.77. The Balaban J connectivity index is 1.35. The van der Waals surface area contributed by atoms with E-state index in [1.807, 2.05) is 54.6 Å². The molecule has 0 saturated carbocycles. The van der Waals surface area contributed by atoms with Crippen LogP contribution in [0.3, 0.4) is 0 Å². The number of ether oxygens (including phenoxy) is 2. The normalized spacial score (nSPS) is 20.1. The van der Waals surface area contributed by atoms with Gasteiger partial charge >= 0.3 is 6.09 Å². The molecule has 4 atom stereocenters. The first-order valence-electron chi connectivity index (χ1n) is 17.2. The maximum atomic E-state index is 14.5. The third-order valence-electron chi connectivity index (χ3n) is 8.92. The Morgan fingerprint density at radius 3 is 2.35 bits per heavy atom. The minimum atomic E-state index is -0.985. The van der Waals surface area contributed by atoms with E-state index in [0.717, 1.165) is 34.7 Å². The summed E-state index contributed by atoms with van der Waals surface area (Å²) in [5.41, 5.74) is 6.79. The Bertz CT molecular complexity index is 1610. The van der Waals surface area contributed by atoms with Crippen molar-refractivity contribution in [1.29, 1.82) is 0 Å². The molecule has 2 aliphatic rings. The van der Waals surface area contributed by atoms with Crippen molar-refractivity contribution in [3.63, 3.8) is 0 Å². The molecule has 11 heteroatoms. The van der Waals surface area contributed by atoms with Crippen molar-refractivity contribution in [2.75, 3.05) is 26.2 Å². The van der Waals surface area contributed by atoms with Crippen LogP contribution in [0.1, 0.15) is 57.6 Å². The average Bonchev–Trinajstić information content (AvgIpc) is 3.53. The second kappa shape index (κ2) is 16.3. The minimum absolute atomic E-state index is 0.182. The third-order valence-corrected chi connectivity index (χ3v) is 8.92. The van der Waals surface area contributed by atoms with Crippen LogP contribution in [0.15, 0.2) is 72.8 Å². The summed E-state index contributed by atoms with van der Waals surface area (Å²) in [4.78, 5) is 57.9. The van der Waals surface area contributed by atoms with Gasteiger partial charge in [0.2, 0.25) is 17.7 Å². The number of nitrogens with two attached hydrogens (primary N) is 1. The van der Waals surface area contributed by atoms with E-state index in [1.165, 1.54) is 9.80 Å². The fourth-order valence-electron chi connectivity index (χ4n) is 6.53. The van der Waals surface area contributed by atoms with Crippen LogP contribution >= 0.6 is 0 Å². The van der Waals surface area contributed by atoms with Crippen LogP contribution in [0.2, 0.25) is 0 Å². The largest absolute Gasteiger partial charge is 0.444 e. The van der Waals surface area contributed by atoms with E-state index in [4.69, 9.17) is 15.2 Å². The zero-order chi connectivity index (χ0) is 35.0. The first-order chi connectivity index (χ1) is 23.5. The van der Waals surface area contributed by atoms with Gasteiger partial charge in [0.1, 0.15) is 23.7 Å². The molecule has 0 aliphatic carbocycles. The number of carbonyl (C=O) groups excluding carboxylic acids is 4. The van der Waals surface area contributed by atoms with Crippen molar-refractivity contribution in [1.82, 2.24) is 20.4 Å². The lowest BCUT2D eigenvalue weighted by atomic mass is 9.99. The molecule has 4 amide bonds. The SMILES string of the molecule is CC(C)(C)OC(=O)N1CCCC[C@H]1C(=O)N[C@H](Cc1ccccc1)C(=O)N1C[C@H](OCc2ccc3ccccc3c2)C[C@@H]1C(=O)NCCN. The number of carbonyl (C=O) groups is 4. The summed E-state index contributed by atoms with van der Waals surface area (Å²) in [5, 5.41) is 8.05. The molecule has 2 fully saturated rings. The van der Waals surface area contributed by atoms with Gasteiger partial charge in [-0.3, -0.25) is 19.3 Å². The minimum Gasteiger partial charge on any atom is -0.444 e. The molecule has 0 spiro atoms. The van der Waals surface area contributed by atoms with Crippen molar-refractivity contribution < 1.29 is 28.7 Å². The summed E-state index contributed by atoms with van der Waals surface area (Å²) in [5.74, 6) is -1.13. The van der Waals surface area contributed by atoms with E-state index in [0.29, 0.717) is 26.0 Å². The predicted octanol–water partition coefficient (Wildman–Crippen LogP) is 3.92. The molecule has 3 aromatic carbocycles. The number of rotatable bonds is 11. The number of nitrogens with one attached hydrogen (secondary N) is 2. The molecule has 2 heterocycles. The summed E-state index contributed by atoms with van der Waals surface area (Å²) < 4.78 is 11.9. The topological polar surface area (TPSA) is 143 Å². The molecule has 3 aromatic rings. The van der Waals surface area contributed by atoms with Gasteiger partial charge in [-0.25, -0.2) is 4.79 Å². The third kappa shape index (κ3) is 9.57. The summed E-state index contributed by atoms with van der Waals surface area (Å²) in [7, 11) is 0. The maximum absolute atomic E-state index is 14.5. The van der Waals surface area contributed by atoms with E-state index >= 15 is 0 Å². The number of hydrogen-bond donors (Lipinski definition) is 3. The molecule has 11 nitrogen and oxygen atoms in total. The van der Waals surface area contributed by atoms with Crippen molar-refractivity contribution in [2.24, 2.45) is 5.73 Å². The number of fused-ring (bicyclic) bond motifs is 1. The van der Waals surface area contributed by atoms with E-state index < -0.39 is 41.8 Å². The average molecular weight is 672 g/mol. The second-order valence-corrected chi connectivity index (χ2v) is 13.9. The highest BCUT2D eigenvalue weighted by molar-refractivity contribution is 5.94. The molecule has 49 heavy (non-hydrogen) atoms. The molecular weight excluding hydrogens is 622 g/mol. The van der Waals surface area contributed by atoms with Crippen LogP contribution < -0.4 is 16.4 Å². The number of nitrogens with zero attached hydrogens (tertiary/aromatic N) is 2. The van der Waals surface area contributed by atoms with Crippen molar-refractivity contribution >= 4 is 34.6 Å². The number of hydrogen-bond acceptors (Lipinski definition) is 7. The molecule has 2 aliphatic heterocycles. The Labute approximate surface area is 288 Å². The van der Waals surface area contributed by atoms with E-state index in [1.54, 1.807) is 20.8 Å². The molecule has 0 unspecified atom stereocenters.